The number of benzene rings is 5. The molecule has 0 spiro atoms. The molecule has 0 saturated heterocycles. The molecule has 1 unspecified atom stereocenters. The Balaban J connectivity index is 1.11. The molecule has 0 bridgehead atoms. The number of hydrogen-bond acceptors (Lipinski definition) is 3. The summed E-state index contributed by atoms with van der Waals surface area (Å²) in [6.07, 6.45) is 9.86. The highest BCUT2D eigenvalue weighted by molar-refractivity contribution is 5.97. The zero-order valence-electron chi connectivity index (χ0n) is 28.0. The van der Waals surface area contributed by atoms with Crippen molar-refractivity contribution in [3.63, 3.8) is 0 Å². The average molecular weight is 622 g/mol. The quantitative estimate of drug-likeness (QED) is 0.195. The summed E-state index contributed by atoms with van der Waals surface area (Å²) in [5.74, 6) is 0.957. The number of fused-ring (bicyclic) bond motifs is 5. The van der Waals surface area contributed by atoms with Gasteiger partial charge in [-0.1, -0.05) is 131 Å². The third kappa shape index (κ3) is 4.17. The molecule has 2 aliphatic heterocycles. The van der Waals surface area contributed by atoms with Gasteiger partial charge in [0.25, 0.3) is 0 Å². The van der Waals surface area contributed by atoms with Gasteiger partial charge in [0, 0.05) is 22.4 Å². The molecular weight excluding hydrogens is 583 g/mol. The second-order valence-corrected chi connectivity index (χ2v) is 14.4. The lowest BCUT2D eigenvalue weighted by atomic mass is 9.66. The molecule has 3 heterocycles. The Morgan fingerprint density at radius 3 is 2.15 bits per heavy atom. The molecule has 5 aromatic carbocycles. The summed E-state index contributed by atoms with van der Waals surface area (Å²) in [5.41, 5.74) is 12.9. The van der Waals surface area contributed by atoms with Crippen LogP contribution in [0.5, 0.6) is 0 Å². The fraction of sp³-hybridized carbons (Fsp3) is 0.178. The number of allylic oxidation sites excluding steroid dienone is 2. The second kappa shape index (κ2) is 10.6. The van der Waals surface area contributed by atoms with Crippen molar-refractivity contribution in [3.8, 4) is 0 Å². The Morgan fingerprint density at radius 1 is 0.667 bits per heavy atom. The van der Waals surface area contributed by atoms with Crippen molar-refractivity contribution in [3.05, 3.63) is 174 Å². The molecule has 3 aliphatic rings. The smallest absolute Gasteiger partial charge is 0.133 e. The maximum Gasteiger partial charge on any atom is 0.133 e. The lowest BCUT2D eigenvalue weighted by Gasteiger charge is -2.49. The van der Waals surface area contributed by atoms with Crippen molar-refractivity contribution >= 4 is 44.9 Å². The highest BCUT2D eigenvalue weighted by Gasteiger charge is 2.45. The SMILES string of the molecule is CC1(C)c2ccccc2N2c3ccc(C4=CCC(N(c5ccccn5)c5cccc6ccccc56)C=C4)cc3C(C)(C)c3cccc1c32. The largest absolute Gasteiger partial charge is 0.319 e. The fourth-order valence-corrected chi connectivity index (χ4v) is 8.46. The monoisotopic (exact) mass is 621 g/mol. The van der Waals surface area contributed by atoms with Crippen LogP contribution in [-0.2, 0) is 10.8 Å². The molecule has 234 valence electrons. The summed E-state index contributed by atoms with van der Waals surface area (Å²) in [4.78, 5) is 9.74. The molecule has 6 aromatic rings. The Morgan fingerprint density at radius 2 is 1.35 bits per heavy atom. The highest BCUT2D eigenvalue weighted by Crippen LogP contribution is 2.60. The molecule has 0 N–H and O–H groups in total. The average Bonchev–Trinajstić information content (AvgIpc) is 3.12. The third-order valence-electron chi connectivity index (χ3n) is 11.0. The predicted molar refractivity (Wildman–Crippen MR) is 201 cm³/mol. The third-order valence-corrected chi connectivity index (χ3v) is 11.0. The van der Waals surface area contributed by atoms with Crippen LogP contribution in [0, 0.1) is 0 Å². The van der Waals surface area contributed by atoms with Gasteiger partial charge in [0.1, 0.15) is 5.82 Å². The summed E-state index contributed by atoms with van der Waals surface area (Å²) < 4.78 is 0. The molecule has 48 heavy (non-hydrogen) atoms. The molecule has 0 saturated carbocycles. The van der Waals surface area contributed by atoms with Crippen molar-refractivity contribution in [2.24, 2.45) is 0 Å². The summed E-state index contributed by atoms with van der Waals surface area (Å²) in [7, 11) is 0. The molecule has 1 atom stereocenters. The summed E-state index contributed by atoms with van der Waals surface area (Å²) in [6, 6.07) is 44.5. The minimum atomic E-state index is -0.152. The number of anilines is 5. The number of para-hydroxylation sites is 2. The highest BCUT2D eigenvalue weighted by atomic mass is 15.2. The Hall–Kier alpha value is -5.41. The Kier molecular flexibility index (Phi) is 6.33. The molecule has 1 aromatic heterocycles. The van der Waals surface area contributed by atoms with Crippen LogP contribution in [0.2, 0.25) is 0 Å². The van der Waals surface area contributed by atoms with Crippen LogP contribution in [-0.4, -0.2) is 11.0 Å². The first-order valence-corrected chi connectivity index (χ1v) is 17.1. The molecule has 0 fully saturated rings. The Bertz CT molecular complexity index is 2290. The van der Waals surface area contributed by atoms with Gasteiger partial charge in [-0.05, 0) is 81.6 Å². The van der Waals surface area contributed by atoms with Gasteiger partial charge in [-0.3, -0.25) is 0 Å². The van der Waals surface area contributed by atoms with Gasteiger partial charge < -0.3 is 9.80 Å². The first-order valence-electron chi connectivity index (χ1n) is 17.1. The normalized spacial score (nSPS) is 18.0. The molecule has 0 amide bonds. The number of rotatable bonds is 4. The summed E-state index contributed by atoms with van der Waals surface area (Å²) >= 11 is 0. The van der Waals surface area contributed by atoms with Crippen molar-refractivity contribution in [1.29, 1.82) is 0 Å². The molecule has 0 radical (unpaired) electrons. The van der Waals surface area contributed by atoms with Crippen molar-refractivity contribution in [1.82, 2.24) is 4.98 Å². The fourth-order valence-electron chi connectivity index (χ4n) is 8.46. The zero-order chi connectivity index (χ0) is 32.6. The minimum Gasteiger partial charge on any atom is -0.319 e. The molecule has 3 heteroatoms. The van der Waals surface area contributed by atoms with Gasteiger partial charge in [0.05, 0.1) is 28.8 Å². The van der Waals surface area contributed by atoms with Gasteiger partial charge in [-0.15, -0.1) is 0 Å². The predicted octanol–water partition coefficient (Wildman–Crippen LogP) is 11.5. The molecule has 9 rings (SSSR count). The van der Waals surface area contributed by atoms with Gasteiger partial charge in [0.2, 0.25) is 0 Å². The van der Waals surface area contributed by atoms with E-state index in [1.54, 1.807) is 0 Å². The first-order chi connectivity index (χ1) is 23.3. The Labute approximate surface area is 283 Å². The van der Waals surface area contributed by atoms with Gasteiger partial charge in [-0.2, -0.15) is 0 Å². The lowest BCUT2D eigenvalue weighted by Crippen LogP contribution is -2.38. The van der Waals surface area contributed by atoms with E-state index >= 15 is 0 Å². The van der Waals surface area contributed by atoms with E-state index in [2.05, 4.69) is 171 Å². The number of hydrogen-bond donors (Lipinski definition) is 0. The van der Waals surface area contributed by atoms with Crippen LogP contribution in [0.25, 0.3) is 16.3 Å². The van der Waals surface area contributed by atoms with E-state index in [0.29, 0.717) is 0 Å². The minimum absolute atomic E-state index is 0.0740. The molecule has 3 nitrogen and oxygen atoms in total. The summed E-state index contributed by atoms with van der Waals surface area (Å²) in [6.45, 7) is 9.53. The van der Waals surface area contributed by atoms with Crippen LogP contribution >= 0.6 is 0 Å². The van der Waals surface area contributed by atoms with Crippen LogP contribution in [0.3, 0.4) is 0 Å². The van der Waals surface area contributed by atoms with Gasteiger partial charge in [-0.25, -0.2) is 4.98 Å². The van der Waals surface area contributed by atoms with E-state index in [9.17, 15) is 0 Å². The standard InChI is InChI=1S/C45H39N3/c1-44(2)35-16-7-8-19-40(35)48-41-27-24-32(29-38(41)45(3,4)37-18-12-17-36(44)43(37)48)30-22-25-33(26-23-30)47(42-21-9-10-28-46-42)39-20-11-14-31-13-5-6-15-34(31)39/h5-25,27-29,33H,26H2,1-4H3. The van der Waals surface area contributed by atoms with E-state index in [1.807, 2.05) is 12.3 Å². The van der Waals surface area contributed by atoms with Crippen molar-refractivity contribution in [2.45, 2.75) is 51.0 Å². The first kappa shape index (κ1) is 28.8. The molecular formula is C45H39N3. The lowest BCUT2D eigenvalue weighted by molar-refractivity contribution is 0.597. The van der Waals surface area contributed by atoms with Gasteiger partial charge in [0.15, 0.2) is 0 Å². The van der Waals surface area contributed by atoms with Crippen molar-refractivity contribution < 1.29 is 0 Å². The second-order valence-electron chi connectivity index (χ2n) is 14.4. The van der Waals surface area contributed by atoms with E-state index in [0.717, 1.165) is 12.2 Å². The molecule has 1 aliphatic carbocycles. The van der Waals surface area contributed by atoms with Crippen LogP contribution in [0.15, 0.2) is 146 Å². The van der Waals surface area contributed by atoms with E-state index in [4.69, 9.17) is 4.98 Å². The van der Waals surface area contributed by atoms with Gasteiger partial charge >= 0.3 is 0 Å². The van der Waals surface area contributed by atoms with E-state index < -0.39 is 0 Å². The van der Waals surface area contributed by atoms with E-state index in [1.165, 1.54) is 66.9 Å². The maximum atomic E-state index is 4.81. The summed E-state index contributed by atoms with van der Waals surface area (Å²) in [5, 5.41) is 2.47. The van der Waals surface area contributed by atoms with Crippen molar-refractivity contribution in [2.75, 3.05) is 9.80 Å². The maximum absolute atomic E-state index is 4.81. The number of nitrogens with zero attached hydrogens (tertiary/aromatic N) is 3. The van der Waals surface area contributed by atoms with E-state index in [-0.39, 0.29) is 16.9 Å². The van der Waals surface area contributed by atoms with Crippen LogP contribution < -0.4 is 9.80 Å². The topological polar surface area (TPSA) is 19.4 Å². The number of aromatic nitrogens is 1. The van der Waals surface area contributed by atoms with Crippen LogP contribution in [0.1, 0.15) is 61.9 Å². The zero-order valence-corrected chi connectivity index (χ0v) is 28.0. The number of pyridine rings is 1. The van der Waals surface area contributed by atoms with Crippen LogP contribution in [0.4, 0.5) is 28.6 Å².